The molecule has 0 radical (unpaired) electrons. The van der Waals surface area contributed by atoms with E-state index in [4.69, 9.17) is 31.3 Å². The van der Waals surface area contributed by atoms with E-state index in [1.54, 1.807) is 14.2 Å². The predicted molar refractivity (Wildman–Crippen MR) is 99.4 cm³/mol. The summed E-state index contributed by atoms with van der Waals surface area (Å²) in [6.45, 7) is 5.35. The topological polar surface area (TPSA) is 209 Å². The number of nitrogens with zero attached hydrogens (tertiary/aromatic N) is 2. The molecule has 0 bridgehead atoms. The van der Waals surface area contributed by atoms with Gasteiger partial charge in [-0.1, -0.05) is 10.3 Å². The number of nitrogens with two attached hydrogens (primary N) is 4. The van der Waals surface area contributed by atoms with E-state index in [9.17, 15) is 26.3 Å². The molecule has 2 fully saturated rings. The number of carbonyl (C=O) groups is 2. The average molecular weight is 514 g/mol. The van der Waals surface area contributed by atoms with Crippen LogP contribution in [0.25, 0.3) is 0 Å². The van der Waals surface area contributed by atoms with E-state index in [-0.39, 0.29) is 0 Å². The summed E-state index contributed by atoms with van der Waals surface area (Å²) in [6, 6.07) is 0. The molecule has 2 heterocycles. The van der Waals surface area contributed by atoms with Crippen molar-refractivity contribution in [3.8, 4) is 0 Å². The molecule has 200 valence electrons. The molecule has 2 unspecified atom stereocenters. The predicted octanol–water partition coefficient (Wildman–Crippen LogP) is -5.12. The van der Waals surface area contributed by atoms with E-state index >= 15 is 0 Å². The quantitative estimate of drug-likeness (QED) is 0.210. The number of carboxylic acid groups (broad SMARTS) is 2. The molecule has 2 aliphatic heterocycles. The molecule has 2 atom stereocenters. The Morgan fingerprint density at radius 1 is 0.853 bits per heavy atom. The van der Waals surface area contributed by atoms with Crippen molar-refractivity contribution in [2.45, 2.75) is 12.4 Å². The van der Waals surface area contributed by atoms with E-state index < -0.39 is 24.3 Å². The minimum absolute atomic E-state index is 0.431. The molecule has 2 aliphatic rings. The van der Waals surface area contributed by atoms with Crippen molar-refractivity contribution in [3.05, 3.63) is 0 Å². The first kappa shape index (κ1) is 33.5. The van der Waals surface area contributed by atoms with Gasteiger partial charge >= 0.3 is 12.4 Å². The number of halogens is 6. The van der Waals surface area contributed by atoms with Crippen molar-refractivity contribution in [1.29, 1.82) is 0 Å². The third kappa shape index (κ3) is 15.2. The molecule has 0 aromatic heterocycles. The molecule has 0 aromatic rings. The Balaban J connectivity index is 0. The summed E-state index contributed by atoms with van der Waals surface area (Å²) < 4.78 is 63.1. The first-order valence-electron chi connectivity index (χ1n) is 9.45. The van der Waals surface area contributed by atoms with E-state index in [2.05, 4.69) is 30.6 Å². The summed E-state index contributed by atoms with van der Waals surface area (Å²) in [5, 5.41) is 29.7. The highest BCUT2D eigenvalue weighted by Gasteiger charge is 2.29. The standard InChI is InChI=1S/2C6H13N3O.2C2HF3O2/c2*1-10-9-6-4-8-3-5(6)2-7;2*3-2(4,5)1(6)7/h2*5,8H,2-4,7H2,1H3;2*(H,6,7). The van der Waals surface area contributed by atoms with Gasteiger partial charge < -0.3 is 51.6 Å². The average Bonchev–Trinajstić information content (AvgIpc) is 3.37. The summed E-state index contributed by atoms with van der Waals surface area (Å²) in [7, 11) is 3.14. The number of oxime groups is 2. The maximum atomic E-state index is 10.5. The van der Waals surface area contributed by atoms with Gasteiger partial charge in [0.25, 0.3) is 0 Å². The second-order valence-electron chi connectivity index (χ2n) is 6.42. The van der Waals surface area contributed by atoms with Crippen LogP contribution in [-0.4, -0.2) is 89.2 Å². The number of carbonyl (C=O) groups excluding carboxylic acids is 2. The lowest BCUT2D eigenvalue weighted by molar-refractivity contribution is -0.633. The number of carboxylic acids is 2. The van der Waals surface area contributed by atoms with Gasteiger partial charge in [-0.2, -0.15) is 26.3 Å². The Kier molecular flexibility index (Phi) is 16.6. The molecule has 0 spiro atoms. The van der Waals surface area contributed by atoms with Crippen LogP contribution in [0.1, 0.15) is 0 Å². The number of quaternary nitrogens is 2. The molecule has 8 N–H and O–H groups in total. The van der Waals surface area contributed by atoms with Crippen LogP contribution in [0.3, 0.4) is 0 Å². The molecule has 2 saturated heterocycles. The van der Waals surface area contributed by atoms with E-state index in [0.29, 0.717) is 24.9 Å². The van der Waals surface area contributed by atoms with Gasteiger partial charge in [-0.05, 0) is 0 Å². The van der Waals surface area contributed by atoms with Crippen LogP contribution in [0.5, 0.6) is 0 Å². The van der Waals surface area contributed by atoms with Crippen molar-refractivity contribution in [3.63, 3.8) is 0 Å². The van der Waals surface area contributed by atoms with Crippen molar-refractivity contribution in [2.75, 3.05) is 53.5 Å². The first-order chi connectivity index (χ1) is 15.6. The van der Waals surface area contributed by atoms with E-state index in [1.165, 1.54) is 0 Å². The van der Waals surface area contributed by atoms with Crippen LogP contribution >= 0.6 is 0 Å². The van der Waals surface area contributed by atoms with Crippen LogP contribution in [0.15, 0.2) is 10.3 Å². The molecular weight excluding hydrogens is 486 g/mol. The lowest BCUT2D eigenvalue weighted by Crippen LogP contribution is -2.81. The first-order valence-corrected chi connectivity index (χ1v) is 9.45. The normalized spacial score (nSPS) is 21.9. The summed E-state index contributed by atoms with van der Waals surface area (Å²) in [5.41, 5.74) is 13.2. The molecule has 0 saturated carbocycles. The third-order valence-corrected chi connectivity index (χ3v) is 4.00. The fourth-order valence-corrected chi connectivity index (χ4v) is 2.39. The molecule has 12 nitrogen and oxygen atoms in total. The van der Waals surface area contributed by atoms with Crippen molar-refractivity contribution < 1.29 is 66.5 Å². The highest BCUT2D eigenvalue weighted by atomic mass is 19.4. The lowest BCUT2D eigenvalue weighted by Gasteiger charge is -2.03. The molecule has 34 heavy (non-hydrogen) atoms. The Hall–Kier alpha value is -2.70. The molecule has 0 aromatic carbocycles. The number of alkyl halides is 6. The lowest BCUT2D eigenvalue weighted by atomic mass is 10.1. The Morgan fingerprint density at radius 2 is 1.12 bits per heavy atom. The van der Waals surface area contributed by atoms with Crippen molar-refractivity contribution in [1.82, 2.24) is 0 Å². The van der Waals surface area contributed by atoms with Gasteiger partial charge in [0.1, 0.15) is 50.7 Å². The van der Waals surface area contributed by atoms with Gasteiger partial charge in [-0.3, -0.25) is 0 Å². The summed E-state index contributed by atoms with van der Waals surface area (Å²) in [6.07, 6.45) is -10.4. The smallest absolute Gasteiger partial charge is 0.430 e. The Bertz CT molecular complexity index is 618. The SMILES string of the molecule is CON=C1C[NH2+]CC1CN.CON=C1C[NH2+]CC1CN.O=C([O-])C(F)(F)F.O=C([O-])C(F)(F)F. The summed E-state index contributed by atoms with van der Waals surface area (Å²) in [5.74, 6) is -5.15. The van der Waals surface area contributed by atoms with Crippen molar-refractivity contribution in [2.24, 2.45) is 33.6 Å². The second kappa shape index (κ2) is 16.8. The fraction of sp³-hybridized carbons (Fsp3) is 0.750. The molecule has 0 amide bonds. The monoisotopic (exact) mass is 514 g/mol. The van der Waals surface area contributed by atoms with Crippen LogP contribution in [-0.2, 0) is 19.3 Å². The van der Waals surface area contributed by atoms with Gasteiger partial charge in [-0.15, -0.1) is 0 Å². The summed E-state index contributed by atoms with van der Waals surface area (Å²) in [4.78, 5) is 26.9. The Labute approximate surface area is 190 Å². The number of hydrogen-bond donors (Lipinski definition) is 4. The zero-order chi connectivity index (χ0) is 26.9. The van der Waals surface area contributed by atoms with Crippen LogP contribution in [0, 0.1) is 11.8 Å². The van der Waals surface area contributed by atoms with Gasteiger partial charge in [0.2, 0.25) is 0 Å². The van der Waals surface area contributed by atoms with Crippen LogP contribution in [0.4, 0.5) is 26.3 Å². The number of rotatable bonds is 4. The van der Waals surface area contributed by atoms with Crippen LogP contribution in [0.2, 0.25) is 0 Å². The largest absolute Gasteiger partial charge is 0.542 e. The molecule has 18 heteroatoms. The summed E-state index contributed by atoms with van der Waals surface area (Å²) >= 11 is 0. The fourth-order valence-electron chi connectivity index (χ4n) is 2.39. The van der Waals surface area contributed by atoms with Crippen LogP contribution < -0.4 is 32.3 Å². The van der Waals surface area contributed by atoms with Gasteiger partial charge in [0.15, 0.2) is 0 Å². The number of hydrogen-bond acceptors (Lipinski definition) is 10. The minimum atomic E-state index is -5.19. The van der Waals surface area contributed by atoms with Gasteiger partial charge in [0, 0.05) is 13.1 Å². The van der Waals surface area contributed by atoms with E-state index in [0.717, 1.165) is 37.6 Å². The Morgan fingerprint density at radius 3 is 1.29 bits per heavy atom. The zero-order valence-electron chi connectivity index (χ0n) is 18.3. The molecule has 2 rings (SSSR count). The highest BCUT2D eigenvalue weighted by molar-refractivity contribution is 5.88. The van der Waals surface area contributed by atoms with Gasteiger partial charge in [-0.25, -0.2) is 0 Å². The molecular formula is C16H28F6N6O6. The van der Waals surface area contributed by atoms with Crippen molar-refractivity contribution >= 4 is 23.4 Å². The third-order valence-electron chi connectivity index (χ3n) is 4.00. The zero-order valence-corrected chi connectivity index (χ0v) is 18.3. The van der Waals surface area contributed by atoms with Gasteiger partial charge in [0.05, 0.1) is 24.9 Å². The molecule has 0 aliphatic carbocycles. The maximum absolute atomic E-state index is 10.5. The van der Waals surface area contributed by atoms with E-state index in [1.807, 2.05) is 0 Å². The number of aliphatic carboxylic acids is 2. The second-order valence-corrected chi connectivity index (χ2v) is 6.42. The highest BCUT2D eigenvalue weighted by Crippen LogP contribution is 2.12. The minimum Gasteiger partial charge on any atom is -0.542 e. The maximum Gasteiger partial charge on any atom is 0.430 e.